The van der Waals surface area contributed by atoms with Crippen molar-refractivity contribution < 1.29 is 15.0 Å². The second-order valence-electron chi connectivity index (χ2n) is 21.4. The van der Waals surface area contributed by atoms with Gasteiger partial charge in [-0.15, -0.1) is 0 Å². The summed E-state index contributed by atoms with van der Waals surface area (Å²) in [7, 11) is 0. The Hall–Kier alpha value is -3.47. The third kappa shape index (κ3) is 61.4. The van der Waals surface area contributed by atoms with Gasteiger partial charge in [-0.1, -0.05) is 321 Å². The average molecular weight is 1050 g/mol. The van der Waals surface area contributed by atoms with Crippen LogP contribution in [0.1, 0.15) is 296 Å². The van der Waals surface area contributed by atoms with Gasteiger partial charge in [0.05, 0.1) is 18.8 Å². The summed E-state index contributed by atoms with van der Waals surface area (Å²) in [6.07, 6.45) is 102. The van der Waals surface area contributed by atoms with Crippen molar-refractivity contribution >= 4 is 5.91 Å². The maximum absolute atomic E-state index is 12.5. The lowest BCUT2D eigenvalue weighted by Gasteiger charge is -2.19. The molecule has 0 aliphatic carbocycles. The number of aliphatic hydroxyl groups excluding tert-OH is 2. The van der Waals surface area contributed by atoms with Gasteiger partial charge in [-0.3, -0.25) is 4.79 Å². The van der Waals surface area contributed by atoms with Crippen molar-refractivity contribution in [2.45, 2.75) is 309 Å². The van der Waals surface area contributed by atoms with Crippen LogP contribution in [0.4, 0.5) is 0 Å². The van der Waals surface area contributed by atoms with Crippen molar-refractivity contribution in [1.82, 2.24) is 5.32 Å². The molecule has 0 aromatic heterocycles. The van der Waals surface area contributed by atoms with Crippen LogP contribution in [0.5, 0.6) is 0 Å². The fourth-order valence-electron chi connectivity index (χ4n) is 9.25. The van der Waals surface area contributed by atoms with E-state index in [1.807, 2.05) is 6.08 Å². The van der Waals surface area contributed by atoms with Crippen molar-refractivity contribution in [1.29, 1.82) is 0 Å². The van der Waals surface area contributed by atoms with Crippen LogP contribution in [0.2, 0.25) is 0 Å². The Morgan fingerprint density at radius 1 is 0.329 bits per heavy atom. The molecule has 0 heterocycles. The van der Waals surface area contributed by atoms with Gasteiger partial charge in [0.25, 0.3) is 0 Å². The van der Waals surface area contributed by atoms with E-state index >= 15 is 0 Å². The zero-order chi connectivity index (χ0) is 54.8. The predicted molar refractivity (Wildman–Crippen MR) is 340 cm³/mol. The fraction of sp³-hybridized carbons (Fsp3) is 0.681. The Kier molecular flexibility index (Phi) is 62.8. The SMILES string of the molecule is CC/C=C\C/C=C\C/C=C\C/C=C\C/C=C\C/C=C\C/C=C\C/C=C\C/C=C\CCCCCCCCCCCC(=O)NC(CO)C(O)/C=C/CC/C=C/CCCCCCCCCCCCCCCCCCCCCCC. The van der Waals surface area contributed by atoms with E-state index < -0.39 is 12.1 Å². The van der Waals surface area contributed by atoms with Crippen LogP contribution in [-0.4, -0.2) is 34.9 Å². The molecule has 0 saturated carbocycles. The smallest absolute Gasteiger partial charge is 0.220 e. The van der Waals surface area contributed by atoms with Crippen molar-refractivity contribution in [2.75, 3.05) is 6.61 Å². The van der Waals surface area contributed by atoms with Crippen LogP contribution < -0.4 is 5.32 Å². The molecule has 0 aliphatic heterocycles. The normalized spacial score (nSPS) is 13.7. The highest BCUT2D eigenvalue weighted by molar-refractivity contribution is 5.76. The van der Waals surface area contributed by atoms with E-state index in [1.54, 1.807) is 6.08 Å². The molecular formula is C72H123NO3. The number of unbranched alkanes of at least 4 members (excludes halogenated alkanes) is 31. The molecule has 2 atom stereocenters. The zero-order valence-corrected chi connectivity index (χ0v) is 50.0. The van der Waals surface area contributed by atoms with Crippen LogP contribution in [0.15, 0.2) is 134 Å². The van der Waals surface area contributed by atoms with Crippen LogP contribution in [0.25, 0.3) is 0 Å². The predicted octanol–water partition coefficient (Wildman–Crippen LogP) is 22.1. The van der Waals surface area contributed by atoms with Gasteiger partial charge in [0.15, 0.2) is 0 Å². The third-order valence-electron chi connectivity index (χ3n) is 14.1. The van der Waals surface area contributed by atoms with Gasteiger partial charge in [0.2, 0.25) is 5.91 Å². The number of nitrogens with one attached hydrogen (secondary N) is 1. The summed E-state index contributed by atoms with van der Waals surface area (Å²) < 4.78 is 0. The molecule has 3 N–H and O–H groups in total. The van der Waals surface area contributed by atoms with E-state index in [0.717, 1.165) is 96.3 Å². The Balaban J connectivity index is 3.61. The van der Waals surface area contributed by atoms with Crippen molar-refractivity contribution in [3.05, 3.63) is 134 Å². The standard InChI is InChI=1S/C72H123NO3/c1-3-5-7-9-11-13-15-17-19-21-23-25-27-29-31-32-33-34-35-36-37-38-39-40-42-44-46-48-50-52-54-56-58-60-62-64-66-68-72(76)73-70(69-74)71(75)67-65-63-61-59-57-55-53-51-49-47-45-43-41-30-28-26-24-22-20-18-16-14-12-10-8-6-4-2/h5,7,11,13,17,19,23,25,29,31,33-34,36-37,39-40,44,46,57,59,65,67,70-71,74-75H,3-4,6,8-10,12,14-16,18,20-22,24,26-28,30,32,35,38,41-43,45,47-56,58,60-64,66,68-69H2,1-2H3,(H,73,76)/b7-5-,13-11-,19-17-,25-23-,31-29-,34-33-,37-36-,40-39-,46-44-,59-57+,67-65+. The van der Waals surface area contributed by atoms with E-state index in [1.165, 1.54) is 180 Å². The molecule has 0 fully saturated rings. The number of amides is 1. The summed E-state index contributed by atoms with van der Waals surface area (Å²) in [5.74, 6) is -0.0831. The first kappa shape index (κ1) is 72.5. The van der Waals surface area contributed by atoms with Gasteiger partial charge >= 0.3 is 0 Å². The molecule has 0 bridgehead atoms. The van der Waals surface area contributed by atoms with Gasteiger partial charge in [-0.25, -0.2) is 0 Å². The number of hydrogen-bond acceptors (Lipinski definition) is 3. The molecule has 4 heteroatoms. The summed E-state index contributed by atoms with van der Waals surface area (Å²) in [6, 6.07) is -0.653. The van der Waals surface area contributed by atoms with Crippen LogP contribution in [0, 0.1) is 0 Å². The molecule has 4 nitrogen and oxygen atoms in total. The monoisotopic (exact) mass is 1050 g/mol. The summed E-state index contributed by atoms with van der Waals surface area (Å²) in [4.78, 5) is 12.5. The number of rotatable bonds is 58. The number of carbonyl (C=O) groups is 1. The van der Waals surface area contributed by atoms with Gasteiger partial charge in [0, 0.05) is 6.42 Å². The highest BCUT2D eigenvalue weighted by atomic mass is 16.3. The molecule has 76 heavy (non-hydrogen) atoms. The van der Waals surface area contributed by atoms with E-state index in [4.69, 9.17) is 0 Å². The summed E-state index contributed by atoms with van der Waals surface area (Å²) in [5, 5.41) is 23.2. The maximum Gasteiger partial charge on any atom is 0.220 e. The van der Waals surface area contributed by atoms with Crippen LogP contribution in [0.3, 0.4) is 0 Å². The number of allylic oxidation sites excluding steroid dienone is 21. The molecular weight excluding hydrogens is 927 g/mol. The third-order valence-corrected chi connectivity index (χ3v) is 14.1. The highest BCUT2D eigenvalue weighted by Crippen LogP contribution is 2.16. The molecule has 0 aliphatic rings. The van der Waals surface area contributed by atoms with Crippen molar-refractivity contribution in [3.8, 4) is 0 Å². The second kappa shape index (κ2) is 65.8. The second-order valence-corrected chi connectivity index (χ2v) is 21.4. The van der Waals surface area contributed by atoms with Gasteiger partial charge in [-0.05, 0) is 103 Å². The van der Waals surface area contributed by atoms with Crippen LogP contribution >= 0.6 is 0 Å². The average Bonchev–Trinajstić information content (AvgIpc) is 3.42. The molecule has 0 aromatic carbocycles. The Morgan fingerprint density at radius 2 is 0.592 bits per heavy atom. The van der Waals surface area contributed by atoms with E-state index in [-0.39, 0.29) is 12.5 Å². The van der Waals surface area contributed by atoms with Gasteiger partial charge < -0.3 is 15.5 Å². The topological polar surface area (TPSA) is 69.6 Å². The van der Waals surface area contributed by atoms with Crippen molar-refractivity contribution in [2.24, 2.45) is 0 Å². The first-order valence-electron chi connectivity index (χ1n) is 32.4. The Bertz CT molecular complexity index is 1520. The lowest BCUT2D eigenvalue weighted by atomic mass is 10.0. The molecule has 0 saturated heterocycles. The molecule has 0 radical (unpaired) electrons. The Labute approximate surface area is 472 Å². The quantitative estimate of drug-likeness (QED) is 0.0420. The minimum absolute atomic E-state index is 0.0831. The molecule has 2 unspecified atom stereocenters. The minimum Gasteiger partial charge on any atom is -0.394 e. The lowest BCUT2D eigenvalue weighted by Crippen LogP contribution is -2.45. The molecule has 0 rings (SSSR count). The fourth-order valence-corrected chi connectivity index (χ4v) is 9.25. The minimum atomic E-state index is -0.875. The Morgan fingerprint density at radius 3 is 0.921 bits per heavy atom. The largest absolute Gasteiger partial charge is 0.394 e. The van der Waals surface area contributed by atoms with Crippen molar-refractivity contribution in [3.63, 3.8) is 0 Å². The summed E-state index contributed by atoms with van der Waals surface area (Å²) in [6.45, 7) is 4.20. The maximum atomic E-state index is 12.5. The van der Waals surface area contributed by atoms with E-state index in [0.29, 0.717) is 6.42 Å². The van der Waals surface area contributed by atoms with Gasteiger partial charge in [0.1, 0.15) is 0 Å². The van der Waals surface area contributed by atoms with E-state index in [9.17, 15) is 15.0 Å². The zero-order valence-electron chi connectivity index (χ0n) is 50.0. The lowest BCUT2D eigenvalue weighted by molar-refractivity contribution is -0.123. The highest BCUT2D eigenvalue weighted by Gasteiger charge is 2.18. The van der Waals surface area contributed by atoms with Crippen LogP contribution in [-0.2, 0) is 4.79 Å². The first-order valence-corrected chi connectivity index (χ1v) is 32.4. The molecule has 434 valence electrons. The van der Waals surface area contributed by atoms with E-state index in [2.05, 4.69) is 141 Å². The summed E-state index contributed by atoms with van der Waals surface area (Å²) in [5.41, 5.74) is 0. The number of aliphatic hydroxyl groups is 2. The summed E-state index contributed by atoms with van der Waals surface area (Å²) >= 11 is 0. The van der Waals surface area contributed by atoms with Gasteiger partial charge in [-0.2, -0.15) is 0 Å². The number of hydrogen-bond donors (Lipinski definition) is 3. The first-order chi connectivity index (χ1) is 37.7. The molecule has 1 amide bonds. The number of carbonyl (C=O) groups excluding carboxylic acids is 1. The molecule has 0 spiro atoms. The molecule has 0 aromatic rings.